The molecule has 7 nitrogen and oxygen atoms in total. The normalized spacial score (nSPS) is 17.1. The number of hydrogen-bond acceptors (Lipinski definition) is 5. The van der Waals surface area contributed by atoms with Crippen LogP contribution in [0.5, 0.6) is 0 Å². The number of halogens is 2. The van der Waals surface area contributed by atoms with Crippen molar-refractivity contribution in [1.82, 2.24) is 9.46 Å². The Morgan fingerprint density at radius 2 is 1.91 bits per heavy atom. The molecule has 10 heteroatoms. The van der Waals surface area contributed by atoms with Crippen LogP contribution >= 0.6 is 0 Å². The van der Waals surface area contributed by atoms with E-state index in [-0.39, 0.29) is 40.9 Å². The van der Waals surface area contributed by atoms with Crippen molar-refractivity contribution in [3.05, 3.63) is 76.7 Å². The van der Waals surface area contributed by atoms with Crippen LogP contribution in [-0.2, 0) is 14.8 Å². The predicted molar refractivity (Wildman–Crippen MR) is 128 cm³/mol. The molecule has 1 amide bonds. The van der Waals surface area contributed by atoms with Gasteiger partial charge in [-0.25, -0.2) is 17.2 Å². The zero-order valence-corrected chi connectivity index (χ0v) is 20.1. The van der Waals surface area contributed by atoms with Crippen LogP contribution in [0.2, 0.25) is 0 Å². The number of aryl methyl sites for hydroxylation is 2. The van der Waals surface area contributed by atoms with Crippen LogP contribution in [0.4, 0.5) is 14.5 Å². The Kier molecular flexibility index (Phi) is 7.13. The molecule has 0 aliphatic carbocycles. The summed E-state index contributed by atoms with van der Waals surface area (Å²) < 4.78 is 61.3. The van der Waals surface area contributed by atoms with Gasteiger partial charge in [-0.1, -0.05) is 29.4 Å². The van der Waals surface area contributed by atoms with E-state index in [2.05, 4.69) is 10.5 Å². The van der Waals surface area contributed by atoms with Gasteiger partial charge in [0.05, 0.1) is 5.92 Å². The molecule has 2 aromatic carbocycles. The van der Waals surface area contributed by atoms with Crippen molar-refractivity contribution >= 4 is 33.8 Å². The van der Waals surface area contributed by atoms with Gasteiger partial charge in [-0.3, -0.25) is 4.79 Å². The second-order valence-corrected chi connectivity index (χ2v) is 10.3. The molecular weight excluding hydrogens is 476 g/mol. The summed E-state index contributed by atoms with van der Waals surface area (Å²) in [5, 5.41) is 6.47. The zero-order valence-electron chi connectivity index (χ0n) is 19.3. The maximum atomic E-state index is 14.0. The summed E-state index contributed by atoms with van der Waals surface area (Å²) in [7, 11) is -4.05. The first-order valence-corrected chi connectivity index (χ1v) is 12.6. The largest absolute Gasteiger partial charge is 0.355 e. The summed E-state index contributed by atoms with van der Waals surface area (Å²) in [4.78, 5) is 12.7. The van der Waals surface area contributed by atoms with Gasteiger partial charge in [-0.05, 0) is 62.6 Å². The fourth-order valence-corrected chi connectivity index (χ4v) is 5.77. The third kappa shape index (κ3) is 5.33. The minimum absolute atomic E-state index is 0.0209. The summed E-state index contributed by atoms with van der Waals surface area (Å²) in [5.41, 5.74) is 1.21. The number of carbonyl (C=O) groups excluding carboxylic acids is 1. The van der Waals surface area contributed by atoms with Crippen molar-refractivity contribution in [2.75, 3.05) is 18.4 Å². The van der Waals surface area contributed by atoms with E-state index in [4.69, 9.17) is 4.52 Å². The third-order valence-corrected chi connectivity index (χ3v) is 7.97. The van der Waals surface area contributed by atoms with Gasteiger partial charge >= 0.3 is 0 Å². The van der Waals surface area contributed by atoms with Crippen molar-refractivity contribution in [2.24, 2.45) is 5.92 Å². The molecule has 0 bridgehead atoms. The standard InChI is InChI=1S/C25H25F2N3O4S/c1-16-9-11-20(14-22(16)27)28-25(31)19-7-5-13-30(15-19)35(32,33)24-17(2)29-34-23(24)12-10-18-6-3-4-8-21(18)26/h3-4,6,8-12,14,19H,5,7,13,15H2,1-2H3,(H,28,31)/b12-10+. The lowest BCUT2D eigenvalue weighted by atomic mass is 9.98. The van der Waals surface area contributed by atoms with Crippen LogP contribution in [-0.4, -0.2) is 36.9 Å². The minimum atomic E-state index is -4.05. The highest BCUT2D eigenvalue weighted by molar-refractivity contribution is 7.89. The topological polar surface area (TPSA) is 92.5 Å². The molecular formula is C25H25F2N3O4S. The van der Waals surface area contributed by atoms with E-state index < -0.39 is 27.6 Å². The number of benzene rings is 2. The van der Waals surface area contributed by atoms with Crippen LogP contribution in [0.3, 0.4) is 0 Å². The maximum absolute atomic E-state index is 14.0. The van der Waals surface area contributed by atoms with E-state index in [1.54, 1.807) is 37.3 Å². The van der Waals surface area contributed by atoms with Gasteiger partial charge in [0.25, 0.3) is 0 Å². The molecule has 1 atom stereocenters. The number of sulfonamides is 1. The lowest BCUT2D eigenvalue weighted by molar-refractivity contribution is -0.120. The van der Waals surface area contributed by atoms with E-state index in [0.29, 0.717) is 24.1 Å². The van der Waals surface area contributed by atoms with Crippen molar-refractivity contribution in [2.45, 2.75) is 31.6 Å². The Morgan fingerprint density at radius 1 is 1.14 bits per heavy atom. The molecule has 1 fully saturated rings. The van der Waals surface area contributed by atoms with Crippen molar-refractivity contribution in [3.8, 4) is 0 Å². The second kappa shape index (κ2) is 10.1. The fourth-order valence-electron chi connectivity index (χ4n) is 3.99. The van der Waals surface area contributed by atoms with Crippen molar-refractivity contribution in [3.63, 3.8) is 0 Å². The Bertz CT molecular complexity index is 1390. The number of anilines is 1. The van der Waals surface area contributed by atoms with Gasteiger partial charge in [-0.2, -0.15) is 4.31 Å². The number of rotatable bonds is 6. The third-order valence-electron chi connectivity index (χ3n) is 5.94. The molecule has 35 heavy (non-hydrogen) atoms. The molecule has 1 N–H and O–H groups in total. The average molecular weight is 502 g/mol. The van der Waals surface area contributed by atoms with Crippen molar-refractivity contribution < 1.29 is 26.5 Å². The van der Waals surface area contributed by atoms with E-state index in [9.17, 15) is 22.0 Å². The van der Waals surface area contributed by atoms with Gasteiger partial charge in [0.15, 0.2) is 10.7 Å². The van der Waals surface area contributed by atoms with Crippen LogP contribution in [0.1, 0.15) is 35.4 Å². The molecule has 3 aromatic rings. The minimum Gasteiger partial charge on any atom is -0.355 e. The first-order chi connectivity index (χ1) is 16.7. The molecule has 4 rings (SSSR count). The Hall–Kier alpha value is -3.37. The van der Waals surface area contributed by atoms with Crippen LogP contribution < -0.4 is 5.32 Å². The predicted octanol–water partition coefficient (Wildman–Crippen LogP) is 4.78. The number of amides is 1. The summed E-state index contributed by atoms with van der Waals surface area (Å²) in [6.07, 6.45) is 3.76. The van der Waals surface area contributed by atoms with Crippen LogP contribution in [0.25, 0.3) is 12.2 Å². The number of piperidine rings is 1. The highest BCUT2D eigenvalue weighted by Gasteiger charge is 2.37. The smallest absolute Gasteiger partial charge is 0.248 e. The van der Waals surface area contributed by atoms with Crippen molar-refractivity contribution in [1.29, 1.82) is 0 Å². The van der Waals surface area contributed by atoms with E-state index in [1.165, 1.54) is 35.5 Å². The molecule has 0 radical (unpaired) electrons. The molecule has 1 aromatic heterocycles. The number of aromatic nitrogens is 1. The van der Waals surface area contributed by atoms with Crippen LogP contribution in [0, 0.1) is 31.4 Å². The molecule has 1 saturated heterocycles. The zero-order chi connectivity index (χ0) is 25.2. The van der Waals surface area contributed by atoms with Gasteiger partial charge in [0.1, 0.15) is 17.3 Å². The van der Waals surface area contributed by atoms with E-state index in [1.807, 2.05) is 0 Å². The quantitative estimate of drug-likeness (QED) is 0.525. The monoisotopic (exact) mass is 501 g/mol. The van der Waals surface area contributed by atoms with E-state index >= 15 is 0 Å². The Balaban J connectivity index is 1.54. The molecule has 184 valence electrons. The number of carbonyl (C=O) groups is 1. The molecule has 2 heterocycles. The maximum Gasteiger partial charge on any atom is 0.248 e. The van der Waals surface area contributed by atoms with Crippen LogP contribution in [0.15, 0.2) is 51.9 Å². The lowest BCUT2D eigenvalue weighted by Crippen LogP contribution is -2.43. The van der Waals surface area contributed by atoms with Gasteiger partial charge in [-0.15, -0.1) is 0 Å². The van der Waals surface area contributed by atoms with Gasteiger partial charge in [0.2, 0.25) is 15.9 Å². The highest BCUT2D eigenvalue weighted by atomic mass is 32.2. The van der Waals surface area contributed by atoms with Gasteiger partial charge < -0.3 is 9.84 Å². The fraction of sp³-hybridized carbons (Fsp3) is 0.280. The first kappa shape index (κ1) is 24.7. The average Bonchev–Trinajstić information content (AvgIpc) is 3.22. The van der Waals surface area contributed by atoms with Gasteiger partial charge in [0, 0.05) is 24.3 Å². The summed E-state index contributed by atoms with van der Waals surface area (Å²) in [6.45, 7) is 3.32. The van der Waals surface area contributed by atoms with E-state index in [0.717, 1.165) is 0 Å². The second-order valence-electron chi connectivity index (χ2n) is 8.47. The number of hydrogen-bond donors (Lipinski definition) is 1. The first-order valence-electron chi connectivity index (χ1n) is 11.1. The molecule has 1 unspecified atom stereocenters. The summed E-state index contributed by atoms with van der Waals surface area (Å²) in [6, 6.07) is 10.5. The SMILES string of the molecule is Cc1ccc(NC(=O)C2CCCN(S(=O)(=O)c3c(C)noc3/C=C/c3ccccc3F)C2)cc1F. The summed E-state index contributed by atoms with van der Waals surface area (Å²) >= 11 is 0. The molecule has 1 aliphatic rings. The molecule has 0 spiro atoms. The summed E-state index contributed by atoms with van der Waals surface area (Å²) in [5.74, 6) is -1.90. The molecule has 0 saturated carbocycles. The molecule has 1 aliphatic heterocycles. The Morgan fingerprint density at radius 3 is 2.66 bits per heavy atom. The Labute approximate surface area is 202 Å². The highest BCUT2D eigenvalue weighted by Crippen LogP contribution is 2.30. The number of nitrogens with one attached hydrogen (secondary N) is 1. The number of nitrogens with zero attached hydrogens (tertiary/aromatic N) is 2. The lowest BCUT2D eigenvalue weighted by Gasteiger charge is -2.31.